The topological polar surface area (TPSA) is 102 Å². The average molecular weight is 300 g/mol. The van der Waals surface area contributed by atoms with Gasteiger partial charge in [0.2, 0.25) is 10.0 Å². The van der Waals surface area contributed by atoms with E-state index in [2.05, 4.69) is 4.72 Å². The number of hydrogen-bond acceptors (Lipinski definition) is 5. The average Bonchev–Trinajstić information content (AvgIpc) is 3.17. The molecule has 0 unspecified atom stereocenters. The SMILES string of the molecule is COc1ccc(S(=O)(=O)NCC2(CCO)CC2)cc1N. The van der Waals surface area contributed by atoms with Gasteiger partial charge in [-0.1, -0.05) is 0 Å². The minimum Gasteiger partial charge on any atom is -0.495 e. The standard InChI is InChI=1S/C13H20N2O4S/c1-19-12-3-2-10(8-11(12)14)20(17,18)15-9-13(4-5-13)6-7-16/h2-3,8,15-16H,4-7,9,14H2,1H3. The minimum absolute atomic E-state index is 0.0696. The molecule has 1 aromatic carbocycles. The van der Waals surface area contributed by atoms with Gasteiger partial charge in [0, 0.05) is 13.2 Å². The summed E-state index contributed by atoms with van der Waals surface area (Å²) in [6.07, 6.45) is 2.52. The van der Waals surface area contributed by atoms with Gasteiger partial charge in [-0.15, -0.1) is 0 Å². The molecule has 20 heavy (non-hydrogen) atoms. The van der Waals surface area contributed by atoms with Gasteiger partial charge in [0.05, 0.1) is 17.7 Å². The minimum atomic E-state index is -3.59. The van der Waals surface area contributed by atoms with Crippen LogP contribution in [0.5, 0.6) is 5.75 Å². The van der Waals surface area contributed by atoms with Crippen molar-refractivity contribution < 1.29 is 18.3 Å². The lowest BCUT2D eigenvalue weighted by Gasteiger charge is -2.15. The molecular formula is C13H20N2O4S. The van der Waals surface area contributed by atoms with Gasteiger partial charge in [0.25, 0.3) is 0 Å². The highest BCUT2D eigenvalue weighted by atomic mass is 32.2. The van der Waals surface area contributed by atoms with Gasteiger partial charge < -0.3 is 15.6 Å². The number of benzene rings is 1. The zero-order valence-corrected chi connectivity index (χ0v) is 12.2. The number of aliphatic hydroxyl groups excluding tert-OH is 1. The molecule has 0 bridgehead atoms. The Morgan fingerprint density at radius 1 is 1.45 bits per heavy atom. The molecule has 0 heterocycles. The third-order valence-corrected chi connectivity index (χ3v) is 5.15. The molecule has 1 fully saturated rings. The molecule has 2 rings (SSSR count). The number of nitrogens with two attached hydrogens (primary N) is 1. The van der Waals surface area contributed by atoms with Crippen LogP contribution in [0.25, 0.3) is 0 Å². The third-order valence-electron chi connectivity index (χ3n) is 3.75. The maximum atomic E-state index is 12.2. The van der Waals surface area contributed by atoms with Crippen LogP contribution in [0.4, 0.5) is 5.69 Å². The van der Waals surface area contributed by atoms with Gasteiger partial charge in [-0.05, 0) is 42.9 Å². The van der Waals surface area contributed by atoms with Crippen LogP contribution >= 0.6 is 0 Å². The number of ether oxygens (including phenoxy) is 1. The molecule has 0 aromatic heterocycles. The van der Waals surface area contributed by atoms with E-state index in [-0.39, 0.29) is 22.6 Å². The molecular weight excluding hydrogens is 280 g/mol. The maximum absolute atomic E-state index is 12.2. The van der Waals surface area contributed by atoms with Crippen LogP contribution in [0.3, 0.4) is 0 Å². The van der Waals surface area contributed by atoms with Crippen molar-refractivity contribution in [2.75, 3.05) is 26.0 Å². The Hall–Kier alpha value is -1.31. The highest BCUT2D eigenvalue weighted by Gasteiger charge is 2.42. The van der Waals surface area contributed by atoms with Crippen LogP contribution in [-0.2, 0) is 10.0 Å². The van der Waals surface area contributed by atoms with Crippen molar-refractivity contribution >= 4 is 15.7 Å². The van der Waals surface area contributed by atoms with Gasteiger partial charge in [-0.3, -0.25) is 0 Å². The molecule has 6 nitrogen and oxygen atoms in total. The highest BCUT2D eigenvalue weighted by molar-refractivity contribution is 7.89. The van der Waals surface area contributed by atoms with E-state index < -0.39 is 10.0 Å². The highest BCUT2D eigenvalue weighted by Crippen LogP contribution is 2.48. The van der Waals surface area contributed by atoms with Gasteiger partial charge in [0.1, 0.15) is 5.75 Å². The predicted octanol–water partition coefficient (Wildman–Crippen LogP) is 0.718. The van der Waals surface area contributed by atoms with Crippen LogP contribution < -0.4 is 15.2 Å². The molecule has 1 aliphatic rings. The molecule has 7 heteroatoms. The van der Waals surface area contributed by atoms with Crippen molar-refractivity contribution in [2.45, 2.75) is 24.2 Å². The largest absolute Gasteiger partial charge is 0.495 e. The fourth-order valence-electron chi connectivity index (χ4n) is 2.14. The molecule has 0 spiro atoms. The van der Waals surface area contributed by atoms with Gasteiger partial charge in [0.15, 0.2) is 0 Å². The molecule has 0 atom stereocenters. The van der Waals surface area contributed by atoms with E-state index in [1.807, 2.05) is 0 Å². The molecule has 4 N–H and O–H groups in total. The summed E-state index contributed by atoms with van der Waals surface area (Å²) in [6, 6.07) is 4.38. The predicted molar refractivity (Wildman–Crippen MR) is 76.0 cm³/mol. The number of nitrogens with one attached hydrogen (secondary N) is 1. The van der Waals surface area contributed by atoms with E-state index >= 15 is 0 Å². The van der Waals surface area contributed by atoms with E-state index in [4.69, 9.17) is 15.6 Å². The normalized spacial score (nSPS) is 16.9. The smallest absolute Gasteiger partial charge is 0.240 e. The summed E-state index contributed by atoms with van der Waals surface area (Å²) in [6.45, 7) is 0.430. The lowest BCUT2D eigenvalue weighted by atomic mass is 10.0. The molecule has 1 saturated carbocycles. The number of hydrogen-bond donors (Lipinski definition) is 3. The molecule has 1 aromatic rings. The quantitative estimate of drug-likeness (QED) is 0.644. The zero-order valence-electron chi connectivity index (χ0n) is 11.4. The Morgan fingerprint density at radius 3 is 2.65 bits per heavy atom. The van der Waals surface area contributed by atoms with Crippen molar-refractivity contribution in [1.82, 2.24) is 4.72 Å². The first-order valence-corrected chi connectivity index (χ1v) is 7.95. The van der Waals surface area contributed by atoms with E-state index in [0.717, 1.165) is 12.8 Å². The summed E-state index contributed by atoms with van der Waals surface area (Å²) < 4.78 is 32.0. The first-order valence-electron chi connectivity index (χ1n) is 6.46. The van der Waals surface area contributed by atoms with Crippen LogP contribution in [0, 0.1) is 5.41 Å². The Kier molecular flexibility index (Phi) is 4.22. The fourth-order valence-corrected chi connectivity index (χ4v) is 3.33. The number of anilines is 1. The summed E-state index contributed by atoms with van der Waals surface area (Å²) >= 11 is 0. The second kappa shape index (κ2) is 5.59. The second-order valence-electron chi connectivity index (χ2n) is 5.20. The summed E-state index contributed by atoms with van der Waals surface area (Å²) in [7, 11) is -2.11. The second-order valence-corrected chi connectivity index (χ2v) is 6.97. The molecule has 0 radical (unpaired) electrons. The zero-order chi connectivity index (χ0) is 14.8. The summed E-state index contributed by atoms with van der Waals surface area (Å²) in [5.41, 5.74) is 5.93. The molecule has 112 valence electrons. The van der Waals surface area contributed by atoms with Crippen molar-refractivity contribution in [2.24, 2.45) is 5.41 Å². The Bertz CT molecular complexity index is 582. The number of rotatable bonds is 7. The lowest BCUT2D eigenvalue weighted by Crippen LogP contribution is -2.30. The molecule has 0 amide bonds. The lowest BCUT2D eigenvalue weighted by molar-refractivity contribution is 0.249. The van der Waals surface area contributed by atoms with E-state index in [1.54, 1.807) is 0 Å². The van der Waals surface area contributed by atoms with Crippen molar-refractivity contribution in [3.05, 3.63) is 18.2 Å². The van der Waals surface area contributed by atoms with Crippen LogP contribution in [0.15, 0.2) is 23.1 Å². The van der Waals surface area contributed by atoms with Crippen molar-refractivity contribution in [1.29, 1.82) is 0 Å². The first-order chi connectivity index (χ1) is 9.42. The first kappa shape index (κ1) is 15.1. The summed E-state index contributed by atoms with van der Waals surface area (Å²) in [4.78, 5) is 0.121. The van der Waals surface area contributed by atoms with E-state index in [0.29, 0.717) is 18.7 Å². The summed E-state index contributed by atoms with van der Waals surface area (Å²) in [5, 5.41) is 8.97. The molecule has 1 aliphatic carbocycles. The van der Waals surface area contributed by atoms with Crippen molar-refractivity contribution in [3.8, 4) is 5.75 Å². The maximum Gasteiger partial charge on any atom is 0.240 e. The Balaban J connectivity index is 2.09. The molecule has 0 saturated heterocycles. The van der Waals surface area contributed by atoms with Crippen LogP contribution in [0.1, 0.15) is 19.3 Å². The number of sulfonamides is 1. The molecule has 0 aliphatic heterocycles. The van der Waals surface area contributed by atoms with E-state index in [9.17, 15) is 8.42 Å². The Morgan fingerprint density at radius 2 is 2.15 bits per heavy atom. The number of nitrogen functional groups attached to an aromatic ring is 1. The van der Waals surface area contributed by atoms with Crippen LogP contribution in [0.2, 0.25) is 0 Å². The Labute approximate surface area is 119 Å². The van der Waals surface area contributed by atoms with Crippen LogP contribution in [-0.4, -0.2) is 33.8 Å². The van der Waals surface area contributed by atoms with Gasteiger partial charge >= 0.3 is 0 Å². The van der Waals surface area contributed by atoms with Gasteiger partial charge in [-0.2, -0.15) is 0 Å². The van der Waals surface area contributed by atoms with Crippen molar-refractivity contribution in [3.63, 3.8) is 0 Å². The monoisotopic (exact) mass is 300 g/mol. The number of methoxy groups -OCH3 is 1. The third kappa shape index (κ3) is 3.23. The van der Waals surface area contributed by atoms with E-state index in [1.165, 1.54) is 25.3 Å². The fraction of sp³-hybridized carbons (Fsp3) is 0.538. The summed E-state index contributed by atoms with van der Waals surface area (Å²) in [5.74, 6) is 0.447. The van der Waals surface area contributed by atoms with Gasteiger partial charge in [-0.25, -0.2) is 13.1 Å². The number of aliphatic hydroxyl groups is 1.